The third-order valence-corrected chi connectivity index (χ3v) is 6.30. The second-order valence-electron chi connectivity index (χ2n) is 8.03. The first-order chi connectivity index (χ1) is 15.4. The van der Waals surface area contributed by atoms with Gasteiger partial charge in [-0.05, 0) is 50.3 Å². The van der Waals surface area contributed by atoms with E-state index in [0.717, 1.165) is 30.4 Å². The summed E-state index contributed by atoms with van der Waals surface area (Å²) in [6, 6.07) is 7.32. The van der Waals surface area contributed by atoms with Crippen LogP contribution in [-0.2, 0) is 6.54 Å². The maximum Gasteiger partial charge on any atom is 0.278 e. The highest BCUT2D eigenvalue weighted by Crippen LogP contribution is 2.29. The average molecular weight is 435 g/mol. The molecule has 1 aromatic carbocycles. The molecular formula is C23H25N5O4. The first-order valence-corrected chi connectivity index (χ1v) is 10.7. The summed E-state index contributed by atoms with van der Waals surface area (Å²) >= 11 is 0. The molecule has 0 spiro atoms. The third kappa shape index (κ3) is 3.38. The third-order valence-electron chi connectivity index (χ3n) is 6.30. The number of amides is 2. The number of carbonyl (C=O) groups excluding carboxylic acids is 2. The van der Waals surface area contributed by atoms with E-state index >= 15 is 0 Å². The van der Waals surface area contributed by atoms with Crippen molar-refractivity contribution in [2.24, 2.45) is 0 Å². The first-order valence-electron chi connectivity index (χ1n) is 10.7. The lowest BCUT2D eigenvalue weighted by Gasteiger charge is -2.48. The smallest absolute Gasteiger partial charge is 0.278 e. The Kier molecular flexibility index (Phi) is 5.61. The van der Waals surface area contributed by atoms with Crippen LogP contribution >= 0.6 is 0 Å². The summed E-state index contributed by atoms with van der Waals surface area (Å²) in [7, 11) is 0. The van der Waals surface area contributed by atoms with Crippen LogP contribution in [0.2, 0.25) is 0 Å². The van der Waals surface area contributed by atoms with Gasteiger partial charge in [0.15, 0.2) is 11.4 Å². The van der Waals surface area contributed by atoms with Crippen LogP contribution in [0.5, 0.6) is 5.75 Å². The number of hydrogen-bond donors (Lipinski definition) is 2. The molecule has 1 atom stereocenters. The maximum atomic E-state index is 13.0. The van der Waals surface area contributed by atoms with Gasteiger partial charge in [0.1, 0.15) is 11.7 Å². The van der Waals surface area contributed by atoms with Crippen LogP contribution in [0.3, 0.4) is 0 Å². The number of aromatic hydroxyl groups is 1. The topological polar surface area (TPSA) is 119 Å². The highest BCUT2D eigenvalue weighted by atomic mass is 16.3. The SMILES string of the molecule is CCN1C(=O)c2c(O)c(=O)c(C(=O)NCc3cccc(C#N)c3C)cn2N2CCCC[C@@H]12. The fraction of sp³-hybridized carbons (Fsp3) is 0.391. The van der Waals surface area contributed by atoms with E-state index in [9.17, 15) is 24.8 Å². The van der Waals surface area contributed by atoms with Crippen LogP contribution < -0.4 is 15.8 Å². The van der Waals surface area contributed by atoms with Crippen molar-refractivity contribution in [3.63, 3.8) is 0 Å². The lowest BCUT2D eigenvalue weighted by atomic mass is 10.0. The van der Waals surface area contributed by atoms with Crippen molar-refractivity contribution in [1.82, 2.24) is 14.9 Å². The van der Waals surface area contributed by atoms with Crippen molar-refractivity contribution in [3.8, 4) is 11.8 Å². The summed E-state index contributed by atoms with van der Waals surface area (Å²) in [4.78, 5) is 40.4. The van der Waals surface area contributed by atoms with Gasteiger partial charge in [0.25, 0.3) is 11.8 Å². The summed E-state index contributed by atoms with van der Waals surface area (Å²) in [6.07, 6.45) is 3.84. The zero-order chi connectivity index (χ0) is 23.0. The maximum absolute atomic E-state index is 13.0. The summed E-state index contributed by atoms with van der Waals surface area (Å²) in [5, 5.41) is 24.4. The minimum absolute atomic E-state index is 0.107. The van der Waals surface area contributed by atoms with Crippen molar-refractivity contribution in [3.05, 3.63) is 62.6 Å². The average Bonchev–Trinajstić information content (AvgIpc) is 2.80. The fourth-order valence-electron chi connectivity index (χ4n) is 4.51. The van der Waals surface area contributed by atoms with Crippen LogP contribution in [0.25, 0.3) is 0 Å². The van der Waals surface area contributed by atoms with E-state index in [4.69, 9.17) is 0 Å². The van der Waals surface area contributed by atoms with E-state index in [0.29, 0.717) is 18.7 Å². The van der Waals surface area contributed by atoms with Gasteiger partial charge in [0, 0.05) is 25.8 Å². The molecule has 2 aliphatic heterocycles. The molecule has 0 aliphatic carbocycles. The van der Waals surface area contributed by atoms with Gasteiger partial charge in [0.2, 0.25) is 5.43 Å². The molecule has 0 bridgehead atoms. The Morgan fingerprint density at radius 3 is 2.81 bits per heavy atom. The predicted molar refractivity (Wildman–Crippen MR) is 117 cm³/mol. The molecule has 2 aliphatic rings. The highest BCUT2D eigenvalue weighted by molar-refractivity contribution is 5.99. The molecule has 1 saturated heterocycles. The van der Waals surface area contributed by atoms with E-state index in [1.54, 1.807) is 30.0 Å². The number of fused-ring (bicyclic) bond motifs is 3. The Hall–Kier alpha value is -3.80. The lowest BCUT2D eigenvalue weighted by molar-refractivity contribution is 0.0534. The normalized spacial score (nSPS) is 17.4. The van der Waals surface area contributed by atoms with Gasteiger partial charge in [-0.2, -0.15) is 5.26 Å². The van der Waals surface area contributed by atoms with Crippen molar-refractivity contribution in [2.75, 3.05) is 18.1 Å². The standard InChI is InChI=1S/C23H25N5O4/c1-3-26-18-9-4-5-10-27(18)28-13-17(20(29)21(30)19(28)23(26)32)22(31)25-12-16-8-6-7-15(11-24)14(16)2/h6-8,13,18,30H,3-5,9-10,12H2,1-2H3,(H,25,31)/t18-/m0/s1. The molecular weight excluding hydrogens is 410 g/mol. The van der Waals surface area contributed by atoms with Gasteiger partial charge in [-0.25, -0.2) is 0 Å². The number of nitrogens with zero attached hydrogens (tertiary/aromatic N) is 4. The van der Waals surface area contributed by atoms with Gasteiger partial charge in [-0.3, -0.25) is 24.1 Å². The lowest BCUT2D eigenvalue weighted by Crippen LogP contribution is -2.63. The number of nitrogens with one attached hydrogen (secondary N) is 1. The number of nitriles is 1. The monoisotopic (exact) mass is 435 g/mol. The summed E-state index contributed by atoms with van der Waals surface area (Å²) < 4.78 is 1.48. The Labute approximate surface area is 185 Å². The Morgan fingerprint density at radius 1 is 1.31 bits per heavy atom. The molecule has 0 radical (unpaired) electrons. The summed E-state index contributed by atoms with van der Waals surface area (Å²) in [6.45, 7) is 4.88. The number of benzene rings is 1. The molecule has 4 rings (SSSR count). The van der Waals surface area contributed by atoms with E-state index in [1.165, 1.54) is 10.9 Å². The second kappa shape index (κ2) is 8.38. The number of pyridine rings is 1. The largest absolute Gasteiger partial charge is 0.502 e. The molecule has 0 saturated carbocycles. The second-order valence-corrected chi connectivity index (χ2v) is 8.03. The zero-order valence-electron chi connectivity index (χ0n) is 18.1. The molecule has 166 valence electrons. The van der Waals surface area contributed by atoms with Crippen molar-refractivity contribution >= 4 is 11.8 Å². The van der Waals surface area contributed by atoms with Crippen LogP contribution in [0, 0.1) is 18.3 Å². The summed E-state index contributed by atoms with van der Waals surface area (Å²) in [5.41, 5.74) is 0.798. The Balaban J connectivity index is 1.69. The van der Waals surface area contributed by atoms with Crippen molar-refractivity contribution in [2.45, 2.75) is 45.8 Å². The first kappa shape index (κ1) is 21.4. The highest BCUT2D eigenvalue weighted by Gasteiger charge is 2.40. The molecule has 2 amide bonds. The minimum Gasteiger partial charge on any atom is -0.502 e. The molecule has 9 heteroatoms. The van der Waals surface area contributed by atoms with Gasteiger partial charge in [0.05, 0.1) is 11.6 Å². The van der Waals surface area contributed by atoms with Crippen LogP contribution in [0.4, 0.5) is 0 Å². The minimum atomic E-state index is -0.879. The Bertz CT molecular complexity index is 1200. The molecule has 1 fully saturated rings. The van der Waals surface area contributed by atoms with Crippen LogP contribution in [0.1, 0.15) is 63.7 Å². The number of carbonyl (C=O) groups is 2. The van der Waals surface area contributed by atoms with E-state index in [2.05, 4.69) is 11.4 Å². The van der Waals surface area contributed by atoms with Crippen LogP contribution in [0.15, 0.2) is 29.2 Å². The number of piperidine rings is 1. The summed E-state index contributed by atoms with van der Waals surface area (Å²) in [5.74, 6) is -1.78. The molecule has 32 heavy (non-hydrogen) atoms. The van der Waals surface area contributed by atoms with Gasteiger partial charge < -0.3 is 15.3 Å². The number of aromatic nitrogens is 1. The van der Waals surface area contributed by atoms with E-state index in [1.807, 2.05) is 11.9 Å². The molecule has 3 heterocycles. The number of hydrogen-bond acceptors (Lipinski definition) is 6. The fourth-order valence-corrected chi connectivity index (χ4v) is 4.51. The quantitative estimate of drug-likeness (QED) is 0.753. The van der Waals surface area contributed by atoms with Gasteiger partial charge in [-0.1, -0.05) is 12.1 Å². The predicted octanol–water partition coefficient (Wildman–Crippen LogP) is 1.59. The Morgan fingerprint density at radius 2 is 2.09 bits per heavy atom. The van der Waals surface area contributed by atoms with Crippen molar-refractivity contribution < 1.29 is 14.7 Å². The van der Waals surface area contributed by atoms with E-state index in [-0.39, 0.29) is 24.0 Å². The molecule has 0 unspecified atom stereocenters. The van der Waals surface area contributed by atoms with Gasteiger partial charge >= 0.3 is 0 Å². The van der Waals surface area contributed by atoms with Crippen LogP contribution in [-0.4, -0.2) is 45.8 Å². The molecule has 2 N–H and O–H groups in total. The molecule has 2 aromatic rings. The zero-order valence-corrected chi connectivity index (χ0v) is 18.1. The van der Waals surface area contributed by atoms with Gasteiger partial charge in [-0.15, -0.1) is 0 Å². The molecule has 9 nitrogen and oxygen atoms in total. The van der Waals surface area contributed by atoms with E-state index < -0.39 is 23.0 Å². The number of rotatable bonds is 4. The van der Waals surface area contributed by atoms with Crippen molar-refractivity contribution in [1.29, 1.82) is 5.26 Å². The molecule has 1 aromatic heterocycles.